The third-order valence-corrected chi connectivity index (χ3v) is 1.28. The molecule has 0 spiro atoms. The van der Waals surface area contributed by atoms with E-state index in [1.807, 2.05) is 14.1 Å². The maximum atomic E-state index is 3.07. The van der Waals surface area contributed by atoms with Crippen LogP contribution in [-0.4, -0.2) is 27.2 Å². The smallest absolute Gasteiger partial charge is 0.00520 e. The monoisotopic (exact) mass is 160 g/mol. The van der Waals surface area contributed by atoms with Gasteiger partial charge in [0.1, 0.15) is 0 Å². The van der Waals surface area contributed by atoms with E-state index in [4.69, 9.17) is 0 Å². The van der Waals surface area contributed by atoms with Crippen LogP contribution in [0.5, 0.6) is 0 Å². The minimum absolute atomic E-state index is 1.14. The zero-order chi connectivity index (χ0) is 8.95. The van der Waals surface area contributed by atoms with E-state index in [1.165, 1.54) is 19.3 Å². The third-order valence-electron chi connectivity index (χ3n) is 1.28. The van der Waals surface area contributed by atoms with Crippen LogP contribution in [0, 0.1) is 0 Å². The lowest BCUT2D eigenvalue weighted by atomic mass is 10.3. The lowest BCUT2D eigenvalue weighted by Gasteiger charge is -1.89. The van der Waals surface area contributed by atoms with E-state index in [-0.39, 0.29) is 0 Å². The first kappa shape index (κ1) is 13.5. The van der Waals surface area contributed by atoms with E-state index in [0.717, 1.165) is 13.1 Å². The van der Waals surface area contributed by atoms with Crippen LogP contribution >= 0.6 is 0 Å². The molecule has 0 fully saturated rings. The highest BCUT2D eigenvalue weighted by Gasteiger charge is 1.73. The van der Waals surface area contributed by atoms with E-state index in [9.17, 15) is 0 Å². The minimum atomic E-state index is 1.14. The van der Waals surface area contributed by atoms with E-state index in [1.54, 1.807) is 0 Å². The summed E-state index contributed by atoms with van der Waals surface area (Å²) in [5.74, 6) is 0. The molecule has 70 valence electrons. The summed E-state index contributed by atoms with van der Waals surface area (Å²) in [4.78, 5) is 0. The van der Waals surface area contributed by atoms with E-state index in [0.29, 0.717) is 0 Å². The van der Waals surface area contributed by atoms with Gasteiger partial charge in [-0.15, -0.1) is 0 Å². The Morgan fingerprint density at radius 2 is 1.36 bits per heavy atom. The second-order valence-electron chi connectivity index (χ2n) is 2.56. The summed E-state index contributed by atoms with van der Waals surface area (Å²) in [6.07, 6.45) is 3.83. The predicted molar refractivity (Wildman–Crippen MR) is 53.1 cm³/mol. The Morgan fingerprint density at radius 3 is 1.45 bits per heavy atom. The quantitative estimate of drug-likeness (QED) is 0.597. The maximum absolute atomic E-state index is 3.07. The Hall–Kier alpha value is -0.0800. The lowest BCUT2D eigenvalue weighted by Crippen LogP contribution is -2.06. The molecule has 0 atom stereocenters. The molecule has 0 bridgehead atoms. The van der Waals surface area contributed by atoms with Crippen LogP contribution in [0.4, 0.5) is 0 Å². The predicted octanol–water partition coefficient (Wildman–Crippen LogP) is 1.62. The van der Waals surface area contributed by atoms with Crippen LogP contribution < -0.4 is 10.6 Å². The van der Waals surface area contributed by atoms with Crippen molar-refractivity contribution in [3.05, 3.63) is 0 Å². The molecule has 0 aliphatic heterocycles. The highest BCUT2D eigenvalue weighted by molar-refractivity contribution is 4.34. The van der Waals surface area contributed by atoms with Gasteiger partial charge in [-0.1, -0.05) is 20.3 Å². The zero-order valence-electron chi connectivity index (χ0n) is 8.54. The molecule has 2 heteroatoms. The standard InChI is InChI=1S/C5H13N.C4H11N/c1-3-4-5-6-2;1-3-4-5-2/h6H,3-5H2,1-2H3;5H,3-4H2,1-2H3. The molecular formula is C9H24N2. The van der Waals surface area contributed by atoms with E-state index < -0.39 is 0 Å². The van der Waals surface area contributed by atoms with Crippen LogP contribution in [0.15, 0.2) is 0 Å². The molecular weight excluding hydrogens is 136 g/mol. The summed E-state index contributed by atoms with van der Waals surface area (Å²) in [5.41, 5.74) is 0. The number of hydrogen-bond donors (Lipinski definition) is 2. The van der Waals surface area contributed by atoms with Crippen LogP contribution in [0.25, 0.3) is 0 Å². The molecule has 2 N–H and O–H groups in total. The molecule has 0 saturated carbocycles. The van der Waals surface area contributed by atoms with Gasteiger partial charge in [0.05, 0.1) is 0 Å². The normalized spacial score (nSPS) is 8.73. The number of rotatable bonds is 5. The summed E-state index contributed by atoms with van der Waals surface area (Å²) in [6.45, 7) is 6.64. The van der Waals surface area contributed by atoms with E-state index in [2.05, 4.69) is 24.5 Å². The first-order valence-electron chi connectivity index (χ1n) is 4.62. The first-order chi connectivity index (χ1) is 5.33. The number of hydrogen-bond acceptors (Lipinski definition) is 2. The molecule has 0 unspecified atom stereocenters. The largest absolute Gasteiger partial charge is 0.320 e. The van der Waals surface area contributed by atoms with Crippen molar-refractivity contribution in [2.45, 2.75) is 33.1 Å². The number of nitrogens with one attached hydrogen (secondary N) is 2. The summed E-state index contributed by atoms with van der Waals surface area (Å²) in [6, 6.07) is 0. The van der Waals surface area contributed by atoms with Gasteiger partial charge in [0.2, 0.25) is 0 Å². The molecule has 2 nitrogen and oxygen atoms in total. The van der Waals surface area contributed by atoms with Crippen LogP contribution in [0.3, 0.4) is 0 Å². The Balaban J connectivity index is 0. The SMILES string of the molecule is CCCCNC.CCCNC. The second-order valence-corrected chi connectivity index (χ2v) is 2.56. The maximum Gasteiger partial charge on any atom is -0.00520 e. The van der Waals surface area contributed by atoms with Crippen molar-refractivity contribution in [1.29, 1.82) is 0 Å². The fraction of sp³-hybridized carbons (Fsp3) is 1.00. The van der Waals surface area contributed by atoms with Gasteiger partial charge in [0.25, 0.3) is 0 Å². The summed E-state index contributed by atoms with van der Waals surface area (Å²) in [7, 11) is 3.94. The second kappa shape index (κ2) is 16.5. The average molecular weight is 160 g/mol. The Bertz CT molecular complexity index is 40.8. The topological polar surface area (TPSA) is 24.1 Å². The molecule has 0 amide bonds. The summed E-state index contributed by atoms with van der Waals surface area (Å²) in [5, 5.41) is 6.09. The fourth-order valence-electron chi connectivity index (χ4n) is 0.604. The molecule has 0 saturated heterocycles. The molecule has 0 radical (unpaired) electrons. The average Bonchev–Trinajstić information content (AvgIpc) is 2.04. The molecule has 0 aliphatic carbocycles. The molecule has 0 aliphatic rings. The third kappa shape index (κ3) is 25.7. The van der Waals surface area contributed by atoms with Gasteiger partial charge in [-0.2, -0.15) is 0 Å². The van der Waals surface area contributed by atoms with Gasteiger partial charge in [-0.05, 0) is 40.0 Å². The Kier molecular flexibility index (Phi) is 20.2. The highest BCUT2D eigenvalue weighted by Crippen LogP contribution is 1.79. The van der Waals surface area contributed by atoms with Crippen molar-refractivity contribution < 1.29 is 0 Å². The number of unbranched alkanes of at least 4 members (excludes halogenated alkanes) is 1. The van der Waals surface area contributed by atoms with Crippen molar-refractivity contribution in [2.75, 3.05) is 27.2 Å². The van der Waals surface area contributed by atoms with Crippen LogP contribution in [0.2, 0.25) is 0 Å². The van der Waals surface area contributed by atoms with Crippen molar-refractivity contribution >= 4 is 0 Å². The van der Waals surface area contributed by atoms with Crippen molar-refractivity contribution in [3.63, 3.8) is 0 Å². The Labute approximate surface area is 71.8 Å². The van der Waals surface area contributed by atoms with Crippen molar-refractivity contribution in [2.24, 2.45) is 0 Å². The van der Waals surface area contributed by atoms with Gasteiger partial charge in [0, 0.05) is 0 Å². The molecule has 0 aromatic carbocycles. The Morgan fingerprint density at radius 1 is 0.818 bits per heavy atom. The van der Waals surface area contributed by atoms with E-state index >= 15 is 0 Å². The van der Waals surface area contributed by atoms with Crippen LogP contribution in [-0.2, 0) is 0 Å². The summed E-state index contributed by atoms with van der Waals surface area (Å²) < 4.78 is 0. The van der Waals surface area contributed by atoms with Crippen molar-refractivity contribution in [3.8, 4) is 0 Å². The highest BCUT2D eigenvalue weighted by atomic mass is 14.8. The van der Waals surface area contributed by atoms with Gasteiger partial charge < -0.3 is 10.6 Å². The van der Waals surface area contributed by atoms with Gasteiger partial charge in [0.15, 0.2) is 0 Å². The lowest BCUT2D eigenvalue weighted by molar-refractivity contribution is 0.711. The molecule has 0 heterocycles. The van der Waals surface area contributed by atoms with Crippen molar-refractivity contribution in [1.82, 2.24) is 10.6 Å². The first-order valence-corrected chi connectivity index (χ1v) is 4.62. The molecule has 0 aromatic rings. The van der Waals surface area contributed by atoms with Crippen LogP contribution in [0.1, 0.15) is 33.1 Å². The van der Waals surface area contributed by atoms with Gasteiger partial charge in [-0.3, -0.25) is 0 Å². The molecule has 11 heavy (non-hydrogen) atoms. The fourth-order valence-corrected chi connectivity index (χ4v) is 0.604. The molecule has 0 rings (SSSR count). The zero-order valence-corrected chi connectivity index (χ0v) is 8.54. The minimum Gasteiger partial charge on any atom is -0.320 e. The van der Waals surface area contributed by atoms with Gasteiger partial charge in [-0.25, -0.2) is 0 Å². The van der Waals surface area contributed by atoms with Gasteiger partial charge >= 0.3 is 0 Å². The molecule has 0 aromatic heterocycles. The summed E-state index contributed by atoms with van der Waals surface area (Å²) >= 11 is 0.